The van der Waals surface area contributed by atoms with Gasteiger partial charge >= 0.3 is 0 Å². The minimum Gasteiger partial charge on any atom is -0.256 e. The third kappa shape index (κ3) is 1.47. The smallest absolute Gasteiger partial charge is 0.0708 e. The molecule has 0 amide bonds. The summed E-state index contributed by atoms with van der Waals surface area (Å²) in [5.41, 5.74) is 3.42. The Morgan fingerprint density at radius 1 is 0.938 bits per heavy atom. The molecule has 0 fully saturated rings. The Kier molecular flexibility index (Phi) is 2.15. The zero-order valence-corrected chi connectivity index (χ0v) is 8.72. The van der Waals surface area contributed by atoms with E-state index in [0.29, 0.717) is 0 Å². The van der Waals surface area contributed by atoms with Crippen molar-refractivity contribution in [3.05, 3.63) is 66.9 Å². The lowest BCUT2D eigenvalue weighted by Gasteiger charge is -2.05. The van der Waals surface area contributed by atoms with Crippen molar-refractivity contribution in [3.8, 4) is 11.1 Å². The molecule has 1 radical (unpaired) electrons. The Hall–Kier alpha value is -2.15. The predicted molar refractivity (Wildman–Crippen MR) is 66.0 cm³/mol. The van der Waals surface area contributed by atoms with Crippen molar-refractivity contribution in [1.82, 2.24) is 4.98 Å². The van der Waals surface area contributed by atoms with Gasteiger partial charge in [0.25, 0.3) is 0 Å². The van der Waals surface area contributed by atoms with Gasteiger partial charge in [0.15, 0.2) is 0 Å². The zero-order valence-electron chi connectivity index (χ0n) is 8.72. The summed E-state index contributed by atoms with van der Waals surface area (Å²) in [6.45, 7) is 0. The van der Waals surface area contributed by atoms with E-state index >= 15 is 0 Å². The Labute approximate surface area is 94.4 Å². The molecule has 0 saturated heterocycles. The number of fused-ring (bicyclic) bond motifs is 1. The summed E-state index contributed by atoms with van der Waals surface area (Å²) in [5.74, 6) is 0. The average Bonchev–Trinajstić information content (AvgIpc) is 2.39. The summed E-state index contributed by atoms with van der Waals surface area (Å²) in [6, 6.07) is 21.4. The first-order chi connectivity index (χ1) is 7.95. The van der Waals surface area contributed by atoms with E-state index < -0.39 is 0 Å². The molecule has 0 bridgehead atoms. The highest BCUT2D eigenvalue weighted by Gasteiger charge is 2.02. The van der Waals surface area contributed by atoms with Crippen molar-refractivity contribution in [2.45, 2.75) is 0 Å². The standard InChI is InChI=1S/C15H10N/c1-2-6-12(7-3-1)13-8-4-10-15-14(13)9-5-11-16-15/h1-2,4-11H. The summed E-state index contributed by atoms with van der Waals surface area (Å²) in [7, 11) is 0. The van der Waals surface area contributed by atoms with E-state index in [9.17, 15) is 0 Å². The van der Waals surface area contributed by atoms with Gasteiger partial charge < -0.3 is 0 Å². The second kappa shape index (κ2) is 3.78. The highest BCUT2D eigenvalue weighted by Crippen LogP contribution is 2.26. The number of rotatable bonds is 1. The van der Waals surface area contributed by atoms with Gasteiger partial charge in [0.2, 0.25) is 0 Å². The first kappa shape index (κ1) is 9.10. The lowest BCUT2D eigenvalue weighted by atomic mass is 10.0. The molecule has 0 aliphatic carbocycles. The van der Waals surface area contributed by atoms with Crippen molar-refractivity contribution in [2.75, 3.05) is 0 Å². The minimum atomic E-state index is 1.03. The molecule has 2 aromatic carbocycles. The van der Waals surface area contributed by atoms with Gasteiger partial charge in [-0.05, 0) is 35.4 Å². The maximum atomic E-state index is 4.36. The quantitative estimate of drug-likeness (QED) is 0.589. The van der Waals surface area contributed by atoms with Crippen molar-refractivity contribution in [3.63, 3.8) is 0 Å². The van der Waals surface area contributed by atoms with Crippen LogP contribution in [0, 0.1) is 6.07 Å². The Balaban J connectivity index is 2.32. The molecule has 0 unspecified atom stereocenters. The summed E-state index contributed by atoms with van der Waals surface area (Å²) in [4.78, 5) is 4.36. The van der Waals surface area contributed by atoms with E-state index in [-0.39, 0.29) is 0 Å². The van der Waals surface area contributed by atoms with Crippen LogP contribution in [0.25, 0.3) is 22.0 Å². The number of hydrogen-bond acceptors (Lipinski definition) is 1. The molecule has 3 aromatic rings. The van der Waals surface area contributed by atoms with Crippen LogP contribution >= 0.6 is 0 Å². The maximum absolute atomic E-state index is 4.36. The van der Waals surface area contributed by atoms with Crippen LogP contribution in [0.1, 0.15) is 0 Å². The number of aromatic nitrogens is 1. The topological polar surface area (TPSA) is 12.9 Å². The first-order valence-corrected chi connectivity index (χ1v) is 5.25. The molecule has 75 valence electrons. The van der Waals surface area contributed by atoms with Gasteiger partial charge in [-0.2, -0.15) is 0 Å². The molecule has 0 aliphatic rings. The first-order valence-electron chi connectivity index (χ1n) is 5.25. The Morgan fingerprint density at radius 2 is 1.94 bits per heavy atom. The van der Waals surface area contributed by atoms with Crippen LogP contribution in [0.3, 0.4) is 0 Å². The molecule has 1 aromatic heterocycles. The highest BCUT2D eigenvalue weighted by atomic mass is 14.6. The molecule has 0 spiro atoms. The largest absolute Gasteiger partial charge is 0.256 e. The fourth-order valence-electron chi connectivity index (χ4n) is 1.92. The average molecular weight is 204 g/mol. The molecule has 16 heavy (non-hydrogen) atoms. The van der Waals surface area contributed by atoms with Crippen molar-refractivity contribution in [2.24, 2.45) is 0 Å². The van der Waals surface area contributed by atoms with Gasteiger partial charge in [-0.3, -0.25) is 4.98 Å². The molecule has 3 rings (SSSR count). The second-order valence-corrected chi connectivity index (χ2v) is 3.67. The Bertz CT molecular complexity index is 609. The lowest BCUT2D eigenvalue weighted by Crippen LogP contribution is -1.82. The minimum absolute atomic E-state index is 1.03. The van der Waals surface area contributed by atoms with E-state index in [1.165, 1.54) is 16.5 Å². The van der Waals surface area contributed by atoms with Crippen molar-refractivity contribution < 1.29 is 0 Å². The third-order valence-corrected chi connectivity index (χ3v) is 2.66. The van der Waals surface area contributed by atoms with E-state index in [2.05, 4.69) is 29.2 Å². The van der Waals surface area contributed by atoms with Gasteiger partial charge in [-0.1, -0.05) is 36.4 Å². The molecule has 0 saturated carbocycles. The number of hydrogen-bond donors (Lipinski definition) is 0. The monoisotopic (exact) mass is 204 g/mol. The molecule has 1 nitrogen and oxygen atoms in total. The molecular formula is C15H10N. The van der Waals surface area contributed by atoms with Crippen LogP contribution in [-0.4, -0.2) is 4.98 Å². The summed E-state index contributed by atoms with van der Waals surface area (Å²) in [6.07, 6.45) is 1.82. The van der Waals surface area contributed by atoms with Gasteiger partial charge in [0.05, 0.1) is 5.52 Å². The predicted octanol–water partition coefficient (Wildman–Crippen LogP) is 3.70. The second-order valence-electron chi connectivity index (χ2n) is 3.67. The molecule has 0 atom stereocenters. The zero-order chi connectivity index (χ0) is 10.8. The van der Waals surface area contributed by atoms with E-state index in [0.717, 1.165) is 5.52 Å². The number of benzene rings is 2. The SMILES string of the molecule is [c]1cccc(-c2cccc3ncccc23)c1. The third-order valence-electron chi connectivity index (χ3n) is 2.66. The fraction of sp³-hybridized carbons (Fsp3) is 0. The molecular weight excluding hydrogens is 194 g/mol. The molecule has 1 heterocycles. The van der Waals surface area contributed by atoms with Gasteiger partial charge in [-0.25, -0.2) is 0 Å². The number of pyridine rings is 1. The van der Waals surface area contributed by atoms with E-state index in [1.54, 1.807) is 0 Å². The van der Waals surface area contributed by atoms with Gasteiger partial charge in [-0.15, -0.1) is 0 Å². The Morgan fingerprint density at radius 3 is 2.81 bits per heavy atom. The van der Waals surface area contributed by atoms with E-state index in [4.69, 9.17) is 0 Å². The van der Waals surface area contributed by atoms with Crippen LogP contribution in [0.4, 0.5) is 0 Å². The summed E-state index contributed by atoms with van der Waals surface area (Å²) >= 11 is 0. The maximum Gasteiger partial charge on any atom is 0.0708 e. The van der Waals surface area contributed by atoms with Gasteiger partial charge in [0.1, 0.15) is 0 Å². The molecule has 0 aliphatic heterocycles. The van der Waals surface area contributed by atoms with Crippen LogP contribution in [0.2, 0.25) is 0 Å². The summed E-state index contributed by atoms with van der Waals surface area (Å²) in [5, 5.41) is 1.18. The van der Waals surface area contributed by atoms with Gasteiger partial charge in [0, 0.05) is 11.6 Å². The molecule has 0 N–H and O–H groups in total. The van der Waals surface area contributed by atoms with Crippen LogP contribution in [0.5, 0.6) is 0 Å². The van der Waals surface area contributed by atoms with E-state index in [1.807, 2.05) is 42.6 Å². The van der Waals surface area contributed by atoms with Crippen LogP contribution < -0.4 is 0 Å². The fourth-order valence-corrected chi connectivity index (χ4v) is 1.92. The van der Waals surface area contributed by atoms with Crippen LogP contribution in [0.15, 0.2) is 60.8 Å². The number of nitrogens with zero attached hydrogens (tertiary/aromatic N) is 1. The lowest BCUT2D eigenvalue weighted by molar-refractivity contribution is 1.41. The van der Waals surface area contributed by atoms with Crippen molar-refractivity contribution >= 4 is 10.9 Å². The molecule has 1 heteroatoms. The van der Waals surface area contributed by atoms with Crippen LogP contribution in [-0.2, 0) is 0 Å². The highest BCUT2D eigenvalue weighted by molar-refractivity contribution is 5.94. The van der Waals surface area contributed by atoms with Crippen molar-refractivity contribution in [1.29, 1.82) is 0 Å². The summed E-state index contributed by atoms with van der Waals surface area (Å²) < 4.78 is 0. The normalized spacial score (nSPS) is 10.5.